The molecule has 0 spiro atoms. The van der Waals surface area contributed by atoms with E-state index in [1.165, 1.54) is 0 Å². The summed E-state index contributed by atoms with van der Waals surface area (Å²) < 4.78 is 0. The number of anilines is 1. The molecule has 100 valence electrons. The van der Waals surface area contributed by atoms with Gasteiger partial charge in [-0.2, -0.15) is 0 Å². The Balaban J connectivity index is 2.13. The molecule has 0 aromatic carbocycles. The third-order valence-electron chi connectivity index (χ3n) is 3.56. The van der Waals surface area contributed by atoms with Gasteiger partial charge in [-0.05, 0) is 25.1 Å². The first-order valence-electron chi connectivity index (χ1n) is 6.35. The van der Waals surface area contributed by atoms with Crippen molar-refractivity contribution in [3.8, 4) is 0 Å². The fourth-order valence-corrected chi connectivity index (χ4v) is 2.88. The van der Waals surface area contributed by atoms with Crippen LogP contribution in [0.1, 0.15) is 19.4 Å². The van der Waals surface area contributed by atoms with Gasteiger partial charge in [0.25, 0.3) is 0 Å². The second-order valence-corrected chi connectivity index (χ2v) is 5.37. The average Bonchev–Trinajstić information content (AvgIpc) is 2.39. The van der Waals surface area contributed by atoms with E-state index in [1.807, 2.05) is 6.07 Å². The summed E-state index contributed by atoms with van der Waals surface area (Å²) in [5.74, 6) is 1.41. The fraction of sp³-hybridized carbons (Fsp3) is 0.615. The zero-order valence-electron chi connectivity index (χ0n) is 10.9. The first-order chi connectivity index (χ1) is 8.65. The molecule has 1 aromatic heterocycles. The molecule has 2 rings (SSSR count). The lowest BCUT2D eigenvalue weighted by Crippen LogP contribution is -2.52. The number of hydrogen-bond acceptors (Lipinski definition) is 3. The highest BCUT2D eigenvalue weighted by atomic mass is 35.5. The van der Waals surface area contributed by atoms with Gasteiger partial charge in [0.15, 0.2) is 0 Å². The quantitative estimate of drug-likeness (QED) is 0.797. The molecule has 0 N–H and O–H groups in total. The van der Waals surface area contributed by atoms with Crippen LogP contribution in [0.4, 0.5) is 5.82 Å². The number of nitrogens with zero attached hydrogens (tertiary/aromatic N) is 3. The number of pyridine rings is 1. The predicted molar refractivity (Wildman–Crippen MR) is 77.7 cm³/mol. The molecule has 1 atom stereocenters. The Hall–Kier alpha value is -0.510. The van der Waals surface area contributed by atoms with E-state index in [0.717, 1.165) is 37.6 Å². The number of aromatic nitrogens is 1. The lowest BCUT2D eigenvalue weighted by Gasteiger charge is -2.40. The van der Waals surface area contributed by atoms with Crippen molar-refractivity contribution in [3.05, 3.63) is 22.8 Å². The van der Waals surface area contributed by atoms with Gasteiger partial charge in [-0.3, -0.25) is 4.90 Å². The molecule has 0 aliphatic carbocycles. The number of hydrogen-bond donors (Lipinski definition) is 0. The van der Waals surface area contributed by atoms with Crippen molar-refractivity contribution in [3.63, 3.8) is 0 Å². The van der Waals surface area contributed by atoms with E-state index < -0.39 is 0 Å². The minimum Gasteiger partial charge on any atom is -0.354 e. The molecule has 18 heavy (non-hydrogen) atoms. The summed E-state index contributed by atoms with van der Waals surface area (Å²) in [4.78, 5) is 9.20. The first-order valence-corrected chi connectivity index (χ1v) is 7.26. The zero-order valence-corrected chi connectivity index (χ0v) is 12.4. The first kappa shape index (κ1) is 13.9. The molecular formula is C13H19Cl2N3. The molecule has 5 heteroatoms. The summed E-state index contributed by atoms with van der Waals surface area (Å²) in [6.07, 6.45) is 1.70. The Labute approximate surface area is 119 Å². The van der Waals surface area contributed by atoms with Gasteiger partial charge in [-0.15, -0.1) is 11.6 Å². The van der Waals surface area contributed by atoms with Gasteiger partial charge in [0, 0.05) is 37.8 Å². The second kappa shape index (κ2) is 6.09. The van der Waals surface area contributed by atoms with Crippen LogP contribution in [-0.2, 0) is 5.88 Å². The zero-order chi connectivity index (χ0) is 13.1. The van der Waals surface area contributed by atoms with Crippen molar-refractivity contribution in [2.45, 2.75) is 25.8 Å². The van der Waals surface area contributed by atoms with Crippen LogP contribution in [0.3, 0.4) is 0 Å². The molecule has 1 saturated heterocycles. The standard InChI is InChI=1S/C13H19Cl2N3/c1-3-17-4-5-18(9-10(17)2)13-6-11(7-14)12(15)8-16-13/h6,8,10H,3-5,7,9H2,1-2H3. The maximum Gasteiger partial charge on any atom is 0.128 e. The summed E-state index contributed by atoms with van der Waals surface area (Å²) >= 11 is 11.9. The van der Waals surface area contributed by atoms with E-state index in [4.69, 9.17) is 23.2 Å². The molecule has 0 amide bonds. The smallest absolute Gasteiger partial charge is 0.128 e. The molecule has 1 fully saturated rings. The molecule has 0 radical (unpaired) electrons. The Morgan fingerprint density at radius 1 is 1.44 bits per heavy atom. The van der Waals surface area contributed by atoms with E-state index >= 15 is 0 Å². The largest absolute Gasteiger partial charge is 0.354 e. The number of likely N-dealkylation sites (N-methyl/N-ethyl adjacent to an activating group) is 1. The summed E-state index contributed by atoms with van der Waals surface area (Å²) in [7, 11) is 0. The Morgan fingerprint density at radius 2 is 2.22 bits per heavy atom. The Kier molecular flexibility index (Phi) is 4.71. The van der Waals surface area contributed by atoms with Crippen LogP contribution in [0, 0.1) is 0 Å². The van der Waals surface area contributed by atoms with E-state index in [0.29, 0.717) is 16.9 Å². The minimum atomic E-state index is 0.429. The molecule has 1 unspecified atom stereocenters. The molecule has 1 aliphatic heterocycles. The van der Waals surface area contributed by atoms with Crippen LogP contribution in [-0.4, -0.2) is 42.1 Å². The lowest BCUT2D eigenvalue weighted by atomic mass is 10.2. The highest BCUT2D eigenvalue weighted by Gasteiger charge is 2.23. The molecule has 1 aromatic rings. The van der Waals surface area contributed by atoms with Gasteiger partial charge in [0.05, 0.1) is 5.02 Å². The van der Waals surface area contributed by atoms with Gasteiger partial charge < -0.3 is 4.90 Å². The van der Waals surface area contributed by atoms with Crippen LogP contribution in [0.5, 0.6) is 0 Å². The van der Waals surface area contributed by atoms with E-state index in [9.17, 15) is 0 Å². The lowest BCUT2D eigenvalue weighted by molar-refractivity contribution is 0.199. The predicted octanol–water partition coefficient (Wildman–Crippen LogP) is 3.00. The maximum atomic E-state index is 6.04. The third kappa shape index (κ3) is 2.90. The van der Waals surface area contributed by atoms with Gasteiger partial charge >= 0.3 is 0 Å². The fourth-order valence-electron chi connectivity index (χ4n) is 2.42. The SMILES string of the molecule is CCN1CCN(c2cc(CCl)c(Cl)cn2)CC1C. The summed E-state index contributed by atoms with van der Waals surface area (Å²) in [5.41, 5.74) is 0.953. The second-order valence-electron chi connectivity index (χ2n) is 4.69. The van der Waals surface area contributed by atoms with Crippen molar-refractivity contribution in [1.29, 1.82) is 0 Å². The molecule has 1 aliphatic rings. The van der Waals surface area contributed by atoms with Crippen LogP contribution in [0.2, 0.25) is 5.02 Å². The normalized spacial score (nSPS) is 21.3. The topological polar surface area (TPSA) is 19.4 Å². The van der Waals surface area contributed by atoms with E-state index in [2.05, 4.69) is 28.6 Å². The number of halogens is 2. The molecule has 0 bridgehead atoms. The van der Waals surface area contributed by atoms with E-state index in [-0.39, 0.29) is 0 Å². The molecule has 2 heterocycles. The van der Waals surface area contributed by atoms with Crippen molar-refractivity contribution >= 4 is 29.0 Å². The van der Waals surface area contributed by atoms with Crippen LogP contribution < -0.4 is 4.90 Å². The number of rotatable bonds is 3. The summed E-state index contributed by atoms with van der Waals surface area (Å²) in [6.45, 7) is 8.67. The van der Waals surface area contributed by atoms with Gasteiger partial charge in [0.2, 0.25) is 0 Å². The maximum absolute atomic E-state index is 6.04. The number of piperazine rings is 1. The summed E-state index contributed by atoms with van der Waals surface area (Å²) in [6, 6.07) is 2.56. The van der Waals surface area contributed by atoms with Crippen molar-refractivity contribution in [1.82, 2.24) is 9.88 Å². The Morgan fingerprint density at radius 3 is 2.83 bits per heavy atom. The highest BCUT2D eigenvalue weighted by Crippen LogP contribution is 2.23. The molecule has 3 nitrogen and oxygen atoms in total. The summed E-state index contributed by atoms with van der Waals surface area (Å²) in [5, 5.41) is 0.647. The monoisotopic (exact) mass is 287 g/mol. The van der Waals surface area contributed by atoms with Crippen molar-refractivity contribution in [2.24, 2.45) is 0 Å². The average molecular weight is 288 g/mol. The minimum absolute atomic E-state index is 0.429. The van der Waals surface area contributed by atoms with Crippen LogP contribution in [0.15, 0.2) is 12.3 Å². The van der Waals surface area contributed by atoms with Gasteiger partial charge in [0.1, 0.15) is 5.82 Å². The van der Waals surface area contributed by atoms with Gasteiger partial charge in [-0.1, -0.05) is 18.5 Å². The number of alkyl halides is 1. The molecular weight excluding hydrogens is 269 g/mol. The van der Waals surface area contributed by atoms with Crippen molar-refractivity contribution in [2.75, 3.05) is 31.1 Å². The highest BCUT2D eigenvalue weighted by molar-refractivity contribution is 6.32. The van der Waals surface area contributed by atoms with E-state index in [1.54, 1.807) is 6.20 Å². The Bertz CT molecular complexity index is 411. The third-order valence-corrected chi connectivity index (χ3v) is 4.19. The van der Waals surface area contributed by atoms with Crippen molar-refractivity contribution < 1.29 is 0 Å². The van der Waals surface area contributed by atoms with Crippen LogP contribution >= 0.6 is 23.2 Å². The van der Waals surface area contributed by atoms with Gasteiger partial charge in [-0.25, -0.2) is 4.98 Å². The molecule has 0 saturated carbocycles. The van der Waals surface area contributed by atoms with Crippen LogP contribution in [0.25, 0.3) is 0 Å².